The van der Waals surface area contributed by atoms with E-state index in [1.165, 1.54) is 11.1 Å². The number of carbonyl (C=O) groups is 1. The topological polar surface area (TPSA) is 47.6 Å². The standard InChI is InChI=1S/C12H19NO2.C10H12.CH2O/c1-4-14-9-15-12-8-6-5-7-11(12)13-10(2)3;1-8(2)10-6-4-9(3)5-7-10;1-2/h5-8,10,13H,4,9H2,1-3H3;4-7H,1H2,2-3H3;1H2. The second-order valence-corrected chi connectivity index (χ2v) is 6.20. The molecule has 0 radical (unpaired) electrons. The Kier molecular flexibility index (Phi) is 13.2. The largest absolute Gasteiger partial charge is 0.465 e. The summed E-state index contributed by atoms with van der Waals surface area (Å²) in [6.07, 6.45) is 0. The zero-order chi connectivity index (χ0) is 20.7. The van der Waals surface area contributed by atoms with Gasteiger partial charge in [0.25, 0.3) is 0 Å². The number of nitrogens with one attached hydrogen (secondary N) is 1. The fourth-order valence-corrected chi connectivity index (χ4v) is 2.05. The Morgan fingerprint density at radius 2 is 1.67 bits per heavy atom. The molecule has 2 aromatic carbocycles. The van der Waals surface area contributed by atoms with Crippen LogP contribution in [0.15, 0.2) is 55.1 Å². The van der Waals surface area contributed by atoms with Crippen molar-refractivity contribution in [3.8, 4) is 5.75 Å². The summed E-state index contributed by atoms with van der Waals surface area (Å²) in [4.78, 5) is 8.00. The third-order valence-corrected chi connectivity index (χ3v) is 3.38. The second-order valence-electron chi connectivity index (χ2n) is 6.20. The second kappa shape index (κ2) is 14.6. The predicted molar refractivity (Wildman–Crippen MR) is 115 cm³/mol. The van der Waals surface area contributed by atoms with Gasteiger partial charge >= 0.3 is 0 Å². The molecule has 148 valence electrons. The van der Waals surface area contributed by atoms with E-state index in [2.05, 4.69) is 56.9 Å². The Labute approximate surface area is 164 Å². The first-order valence-corrected chi connectivity index (χ1v) is 9.01. The van der Waals surface area contributed by atoms with E-state index in [-0.39, 0.29) is 0 Å². The average molecular weight is 372 g/mol. The molecule has 0 amide bonds. The minimum absolute atomic E-state index is 0.299. The number of benzene rings is 2. The first-order valence-electron chi connectivity index (χ1n) is 9.01. The summed E-state index contributed by atoms with van der Waals surface area (Å²) < 4.78 is 10.6. The highest BCUT2D eigenvalue weighted by Crippen LogP contribution is 2.24. The van der Waals surface area contributed by atoms with Crippen molar-refractivity contribution in [1.29, 1.82) is 0 Å². The highest BCUT2D eigenvalue weighted by molar-refractivity contribution is 5.61. The molecule has 0 fully saturated rings. The highest BCUT2D eigenvalue weighted by atomic mass is 16.7. The van der Waals surface area contributed by atoms with Crippen LogP contribution in [0.2, 0.25) is 0 Å². The Balaban J connectivity index is 0.000000488. The maximum atomic E-state index is 8.00. The minimum Gasteiger partial charge on any atom is -0.465 e. The lowest BCUT2D eigenvalue weighted by atomic mass is 10.1. The molecule has 27 heavy (non-hydrogen) atoms. The van der Waals surface area contributed by atoms with Gasteiger partial charge in [-0.05, 0) is 52.3 Å². The molecular weight excluding hydrogens is 338 g/mol. The highest BCUT2D eigenvalue weighted by Gasteiger charge is 2.03. The lowest BCUT2D eigenvalue weighted by Crippen LogP contribution is -2.11. The van der Waals surface area contributed by atoms with Gasteiger partial charge in [-0.2, -0.15) is 0 Å². The molecule has 0 aromatic heterocycles. The Hall–Kier alpha value is -2.59. The first kappa shape index (κ1) is 24.4. The van der Waals surface area contributed by atoms with Crippen molar-refractivity contribution in [2.24, 2.45) is 0 Å². The number of rotatable bonds is 7. The van der Waals surface area contributed by atoms with Gasteiger partial charge in [0.05, 0.1) is 5.69 Å². The molecule has 1 N–H and O–H groups in total. The van der Waals surface area contributed by atoms with Crippen LogP contribution in [0.1, 0.15) is 38.8 Å². The van der Waals surface area contributed by atoms with Crippen LogP contribution in [0, 0.1) is 6.92 Å². The van der Waals surface area contributed by atoms with Gasteiger partial charge < -0.3 is 19.6 Å². The molecule has 0 aliphatic rings. The molecule has 0 spiro atoms. The van der Waals surface area contributed by atoms with Gasteiger partial charge in [0.15, 0.2) is 6.79 Å². The van der Waals surface area contributed by atoms with E-state index in [9.17, 15) is 0 Å². The van der Waals surface area contributed by atoms with E-state index in [4.69, 9.17) is 14.3 Å². The predicted octanol–water partition coefficient (Wildman–Crippen LogP) is 5.72. The number of para-hydroxylation sites is 2. The third-order valence-electron chi connectivity index (χ3n) is 3.38. The van der Waals surface area contributed by atoms with Crippen LogP contribution in [-0.4, -0.2) is 26.2 Å². The maximum absolute atomic E-state index is 8.00. The van der Waals surface area contributed by atoms with Crippen LogP contribution in [0.5, 0.6) is 5.75 Å². The fourth-order valence-electron chi connectivity index (χ4n) is 2.05. The van der Waals surface area contributed by atoms with Crippen molar-refractivity contribution in [3.05, 3.63) is 66.2 Å². The number of ether oxygens (including phenoxy) is 2. The van der Waals surface area contributed by atoms with E-state index < -0.39 is 0 Å². The molecule has 0 aliphatic carbocycles. The van der Waals surface area contributed by atoms with Gasteiger partial charge in [0, 0.05) is 12.6 Å². The molecule has 4 heteroatoms. The summed E-state index contributed by atoms with van der Waals surface area (Å²) in [7, 11) is 0. The van der Waals surface area contributed by atoms with Crippen molar-refractivity contribution >= 4 is 18.0 Å². The summed E-state index contributed by atoms with van der Waals surface area (Å²) in [5, 5.41) is 3.32. The monoisotopic (exact) mass is 371 g/mol. The van der Waals surface area contributed by atoms with E-state index in [1.54, 1.807) is 0 Å². The van der Waals surface area contributed by atoms with Gasteiger partial charge in [0.2, 0.25) is 0 Å². The number of allylic oxidation sites excluding steroid dienone is 1. The summed E-state index contributed by atoms with van der Waals surface area (Å²) in [5.41, 5.74) is 4.66. The maximum Gasteiger partial charge on any atom is 0.189 e. The van der Waals surface area contributed by atoms with Crippen molar-refractivity contribution in [2.45, 2.75) is 40.7 Å². The molecule has 0 unspecified atom stereocenters. The Bertz CT molecular complexity index is 651. The van der Waals surface area contributed by atoms with Crippen LogP contribution in [0.4, 0.5) is 5.69 Å². The summed E-state index contributed by atoms with van der Waals surface area (Å²) in [6.45, 7) is 17.1. The number of hydrogen-bond acceptors (Lipinski definition) is 4. The van der Waals surface area contributed by atoms with Crippen molar-refractivity contribution in [1.82, 2.24) is 0 Å². The van der Waals surface area contributed by atoms with Gasteiger partial charge in [-0.25, -0.2) is 0 Å². The smallest absolute Gasteiger partial charge is 0.189 e. The fraction of sp³-hybridized carbons (Fsp3) is 0.348. The molecule has 2 rings (SSSR count). The number of carbonyl (C=O) groups excluding carboxylic acids is 1. The number of aryl methyl sites for hydroxylation is 1. The Morgan fingerprint density at radius 1 is 1.07 bits per heavy atom. The average Bonchev–Trinajstić information content (AvgIpc) is 2.65. The van der Waals surface area contributed by atoms with Gasteiger partial charge in [0.1, 0.15) is 12.5 Å². The van der Waals surface area contributed by atoms with Crippen LogP contribution < -0.4 is 10.1 Å². The molecule has 0 bridgehead atoms. The first-order chi connectivity index (χ1) is 12.9. The van der Waals surface area contributed by atoms with Crippen molar-refractivity contribution < 1.29 is 14.3 Å². The lowest BCUT2D eigenvalue weighted by Gasteiger charge is -2.15. The zero-order valence-corrected chi connectivity index (χ0v) is 17.2. The molecule has 2 aromatic rings. The molecule has 0 heterocycles. The van der Waals surface area contributed by atoms with E-state index in [1.807, 2.05) is 44.9 Å². The SMILES string of the molecule is C=C(C)c1ccc(C)cc1.C=O.CCOCOc1ccccc1NC(C)C. The summed E-state index contributed by atoms with van der Waals surface area (Å²) in [6, 6.07) is 16.7. The van der Waals surface area contributed by atoms with Crippen LogP contribution in [0.3, 0.4) is 0 Å². The molecule has 4 nitrogen and oxygen atoms in total. The quantitative estimate of drug-likeness (QED) is 0.499. The van der Waals surface area contributed by atoms with Crippen molar-refractivity contribution in [3.63, 3.8) is 0 Å². The summed E-state index contributed by atoms with van der Waals surface area (Å²) >= 11 is 0. The molecule has 0 aliphatic heterocycles. The van der Waals surface area contributed by atoms with Gasteiger partial charge in [-0.3, -0.25) is 0 Å². The lowest BCUT2D eigenvalue weighted by molar-refractivity contribution is -0.0979. The number of anilines is 1. The third kappa shape index (κ3) is 10.9. The minimum atomic E-state index is 0.299. The van der Waals surface area contributed by atoms with Crippen molar-refractivity contribution in [2.75, 3.05) is 18.7 Å². The molecule has 0 atom stereocenters. The van der Waals surface area contributed by atoms with Crippen LogP contribution in [0.25, 0.3) is 5.57 Å². The number of hydrogen-bond donors (Lipinski definition) is 1. The molecule has 0 saturated heterocycles. The molecular formula is C23H33NO3. The normalized spacial score (nSPS) is 9.41. The Morgan fingerprint density at radius 3 is 2.19 bits per heavy atom. The van der Waals surface area contributed by atoms with Crippen LogP contribution in [-0.2, 0) is 9.53 Å². The van der Waals surface area contributed by atoms with Gasteiger partial charge in [-0.15, -0.1) is 0 Å². The van der Waals surface area contributed by atoms with E-state index in [0.717, 1.165) is 17.0 Å². The molecule has 0 saturated carbocycles. The van der Waals surface area contributed by atoms with Gasteiger partial charge in [-0.1, -0.05) is 54.1 Å². The van der Waals surface area contributed by atoms with Crippen LogP contribution >= 0.6 is 0 Å². The van der Waals surface area contributed by atoms with E-state index in [0.29, 0.717) is 19.4 Å². The van der Waals surface area contributed by atoms with E-state index >= 15 is 0 Å². The summed E-state index contributed by atoms with van der Waals surface area (Å²) in [5.74, 6) is 0.833. The zero-order valence-electron chi connectivity index (χ0n) is 17.2.